The Morgan fingerprint density at radius 3 is 2.58 bits per heavy atom. The van der Waals surface area contributed by atoms with E-state index in [-0.39, 0.29) is 29.6 Å². The second-order valence-electron chi connectivity index (χ2n) is 3.96. The summed E-state index contributed by atoms with van der Waals surface area (Å²) in [5.41, 5.74) is -0.155. The van der Waals surface area contributed by atoms with Crippen molar-refractivity contribution in [1.82, 2.24) is 10.2 Å². The number of piperazine rings is 1. The number of nitro benzene ring substituents is 1. The zero-order valence-corrected chi connectivity index (χ0v) is 11.5. The Morgan fingerprint density at radius 2 is 2.00 bits per heavy atom. The van der Waals surface area contributed by atoms with Crippen LogP contribution in [0.15, 0.2) is 18.2 Å². The predicted molar refractivity (Wildman–Crippen MR) is 74.1 cm³/mol. The van der Waals surface area contributed by atoms with Gasteiger partial charge in [-0.1, -0.05) is 11.6 Å². The molecule has 19 heavy (non-hydrogen) atoms. The monoisotopic (exact) mass is 305 g/mol. The maximum absolute atomic E-state index is 12.2. The lowest BCUT2D eigenvalue weighted by atomic mass is 10.1. The van der Waals surface area contributed by atoms with Gasteiger partial charge in [-0.3, -0.25) is 14.9 Å². The van der Waals surface area contributed by atoms with Gasteiger partial charge in [-0.15, -0.1) is 12.4 Å². The van der Waals surface area contributed by atoms with E-state index in [0.717, 1.165) is 0 Å². The topological polar surface area (TPSA) is 75.5 Å². The van der Waals surface area contributed by atoms with Crippen LogP contribution in [0.25, 0.3) is 0 Å². The molecule has 1 fully saturated rings. The van der Waals surface area contributed by atoms with Crippen molar-refractivity contribution in [3.05, 3.63) is 38.9 Å². The first-order valence-corrected chi connectivity index (χ1v) is 5.91. The summed E-state index contributed by atoms with van der Waals surface area (Å²) in [6.07, 6.45) is 0. The Bertz CT molecular complexity index is 490. The van der Waals surface area contributed by atoms with Gasteiger partial charge in [-0.05, 0) is 12.1 Å². The number of carbonyl (C=O) groups excluding carboxylic acids is 1. The molecule has 1 saturated heterocycles. The molecule has 1 amide bonds. The molecule has 1 N–H and O–H groups in total. The Labute approximate surface area is 121 Å². The van der Waals surface area contributed by atoms with Gasteiger partial charge in [-0.25, -0.2) is 0 Å². The van der Waals surface area contributed by atoms with Crippen LogP contribution in [-0.2, 0) is 0 Å². The van der Waals surface area contributed by atoms with E-state index in [4.69, 9.17) is 11.6 Å². The van der Waals surface area contributed by atoms with Crippen LogP contribution in [-0.4, -0.2) is 41.9 Å². The summed E-state index contributed by atoms with van der Waals surface area (Å²) in [5, 5.41) is 14.3. The minimum atomic E-state index is -0.564. The molecular weight excluding hydrogens is 293 g/mol. The molecule has 0 radical (unpaired) electrons. The highest BCUT2D eigenvalue weighted by Crippen LogP contribution is 2.24. The molecule has 104 valence electrons. The quantitative estimate of drug-likeness (QED) is 0.667. The third-order valence-electron chi connectivity index (χ3n) is 2.79. The predicted octanol–water partition coefficient (Wildman–Crippen LogP) is 1.72. The van der Waals surface area contributed by atoms with Gasteiger partial charge in [0.2, 0.25) is 0 Å². The van der Waals surface area contributed by atoms with Gasteiger partial charge in [0, 0.05) is 37.3 Å². The first-order valence-electron chi connectivity index (χ1n) is 5.53. The van der Waals surface area contributed by atoms with E-state index >= 15 is 0 Å². The van der Waals surface area contributed by atoms with E-state index in [2.05, 4.69) is 5.32 Å². The highest BCUT2D eigenvalue weighted by atomic mass is 35.5. The average molecular weight is 306 g/mol. The molecule has 1 aliphatic rings. The highest BCUT2D eigenvalue weighted by Gasteiger charge is 2.25. The van der Waals surface area contributed by atoms with E-state index in [1.807, 2.05) is 0 Å². The molecule has 1 heterocycles. The minimum Gasteiger partial charge on any atom is -0.336 e. The van der Waals surface area contributed by atoms with Gasteiger partial charge in [0.1, 0.15) is 5.56 Å². The maximum atomic E-state index is 12.2. The summed E-state index contributed by atoms with van der Waals surface area (Å²) in [4.78, 5) is 24.1. The molecule has 1 aromatic carbocycles. The first kappa shape index (κ1) is 15.7. The molecule has 0 aliphatic carbocycles. The van der Waals surface area contributed by atoms with Gasteiger partial charge in [-0.2, -0.15) is 0 Å². The SMILES string of the molecule is Cl.O=C(c1cc(Cl)ccc1[N+](=O)[O-])N1CCNCC1. The van der Waals surface area contributed by atoms with Crippen molar-refractivity contribution in [2.24, 2.45) is 0 Å². The summed E-state index contributed by atoms with van der Waals surface area (Å²) in [5.74, 6) is -0.342. The molecule has 2 rings (SSSR count). The number of nitrogens with one attached hydrogen (secondary N) is 1. The Balaban J connectivity index is 0.00000180. The second-order valence-corrected chi connectivity index (χ2v) is 4.40. The fourth-order valence-corrected chi connectivity index (χ4v) is 2.05. The number of rotatable bonds is 2. The van der Waals surface area contributed by atoms with Crippen molar-refractivity contribution in [2.75, 3.05) is 26.2 Å². The molecule has 1 aliphatic heterocycles. The van der Waals surface area contributed by atoms with Crippen LogP contribution in [0.1, 0.15) is 10.4 Å². The Morgan fingerprint density at radius 1 is 1.37 bits per heavy atom. The van der Waals surface area contributed by atoms with Gasteiger partial charge in [0.25, 0.3) is 11.6 Å². The lowest BCUT2D eigenvalue weighted by Crippen LogP contribution is -2.46. The van der Waals surface area contributed by atoms with Crippen LogP contribution >= 0.6 is 24.0 Å². The Kier molecular flexibility index (Phi) is 5.53. The number of carbonyl (C=O) groups is 1. The smallest absolute Gasteiger partial charge is 0.282 e. The fourth-order valence-electron chi connectivity index (χ4n) is 1.88. The Hall–Kier alpha value is -1.37. The van der Waals surface area contributed by atoms with Crippen LogP contribution in [0.2, 0.25) is 5.02 Å². The standard InChI is InChI=1S/C11H12ClN3O3.ClH/c12-8-1-2-10(15(17)18)9(7-8)11(16)14-5-3-13-4-6-14;/h1-2,7,13H,3-6H2;1H. The van der Waals surface area contributed by atoms with Crippen molar-refractivity contribution in [2.45, 2.75) is 0 Å². The molecule has 0 spiro atoms. The summed E-state index contributed by atoms with van der Waals surface area (Å²) in [6, 6.07) is 4.02. The van der Waals surface area contributed by atoms with Crippen molar-refractivity contribution < 1.29 is 9.72 Å². The second kappa shape index (κ2) is 6.70. The summed E-state index contributed by atoms with van der Waals surface area (Å²) in [6.45, 7) is 2.48. The number of hydrogen-bond donors (Lipinski definition) is 1. The van der Waals surface area contributed by atoms with Crippen LogP contribution in [0, 0.1) is 10.1 Å². The molecule has 0 atom stereocenters. The molecule has 0 aromatic heterocycles. The average Bonchev–Trinajstić information content (AvgIpc) is 2.38. The summed E-state index contributed by atoms with van der Waals surface area (Å²) >= 11 is 5.80. The third kappa shape index (κ3) is 3.56. The van der Waals surface area contributed by atoms with Gasteiger partial charge >= 0.3 is 0 Å². The molecule has 1 aromatic rings. The maximum Gasteiger partial charge on any atom is 0.282 e. The van der Waals surface area contributed by atoms with E-state index in [1.165, 1.54) is 18.2 Å². The largest absolute Gasteiger partial charge is 0.336 e. The van der Waals surface area contributed by atoms with E-state index in [1.54, 1.807) is 4.90 Å². The van der Waals surface area contributed by atoms with Crippen LogP contribution in [0.3, 0.4) is 0 Å². The van der Waals surface area contributed by atoms with Gasteiger partial charge in [0.05, 0.1) is 4.92 Å². The van der Waals surface area contributed by atoms with Crippen LogP contribution in [0.5, 0.6) is 0 Å². The van der Waals surface area contributed by atoms with Crippen molar-refractivity contribution in [1.29, 1.82) is 0 Å². The normalized spacial score (nSPS) is 14.7. The number of amides is 1. The van der Waals surface area contributed by atoms with Crippen molar-refractivity contribution in [3.8, 4) is 0 Å². The molecule has 0 bridgehead atoms. The molecule has 0 unspecified atom stereocenters. The van der Waals surface area contributed by atoms with Gasteiger partial charge < -0.3 is 10.2 Å². The number of hydrogen-bond acceptors (Lipinski definition) is 4. The lowest BCUT2D eigenvalue weighted by Gasteiger charge is -2.27. The third-order valence-corrected chi connectivity index (χ3v) is 3.03. The zero-order valence-electron chi connectivity index (χ0n) is 9.97. The van der Waals surface area contributed by atoms with Crippen molar-refractivity contribution >= 4 is 35.6 Å². The number of nitro groups is 1. The van der Waals surface area contributed by atoms with E-state index in [9.17, 15) is 14.9 Å². The van der Waals surface area contributed by atoms with Crippen LogP contribution < -0.4 is 5.32 Å². The summed E-state index contributed by atoms with van der Waals surface area (Å²) < 4.78 is 0. The number of benzene rings is 1. The van der Waals surface area contributed by atoms with E-state index < -0.39 is 4.92 Å². The first-order chi connectivity index (χ1) is 8.59. The lowest BCUT2D eigenvalue weighted by molar-refractivity contribution is -0.385. The molecule has 6 nitrogen and oxygen atoms in total. The summed E-state index contributed by atoms with van der Waals surface area (Å²) in [7, 11) is 0. The van der Waals surface area contributed by atoms with Crippen molar-refractivity contribution in [3.63, 3.8) is 0 Å². The highest BCUT2D eigenvalue weighted by molar-refractivity contribution is 6.31. The number of nitrogens with zero attached hydrogens (tertiary/aromatic N) is 2. The fraction of sp³-hybridized carbons (Fsp3) is 0.364. The number of halogens is 2. The molecule has 8 heteroatoms. The minimum absolute atomic E-state index is 0. The zero-order chi connectivity index (χ0) is 13.1. The van der Waals surface area contributed by atoms with E-state index in [0.29, 0.717) is 31.2 Å². The molecular formula is C11H13Cl2N3O3. The van der Waals surface area contributed by atoms with Crippen LogP contribution in [0.4, 0.5) is 5.69 Å². The molecule has 0 saturated carbocycles. The van der Waals surface area contributed by atoms with Gasteiger partial charge in [0.15, 0.2) is 0 Å².